The van der Waals surface area contributed by atoms with Crippen LogP contribution in [0.4, 0.5) is 17.3 Å². The van der Waals surface area contributed by atoms with Gasteiger partial charge in [0, 0.05) is 70.6 Å². The Morgan fingerprint density at radius 3 is 2.27 bits per heavy atom. The second kappa shape index (κ2) is 13.9. The number of benzene rings is 3. The van der Waals surface area contributed by atoms with Gasteiger partial charge >= 0.3 is 0 Å². The molecule has 1 fully saturated rings. The number of carbonyl (C=O) groups is 1. The Labute approximate surface area is 305 Å². The van der Waals surface area contributed by atoms with Gasteiger partial charge in [0.1, 0.15) is 11.5 Å². The molecular formula is C40H34Cl2N8O. The van der Waals surface area contributed by atoms with Gasteiger partial charge in [-0.15, -0.1) is 0 Å². The first-order valence-electron chi connectivity index (χ1n) is 16.8. The van der Waals surface area contributed by atoms with Crippen LogP contribution in [0.3, 0.4) is 0 Å². The van der Waals surface area contributed by atoms with E-state index >= 15 is 0 Å². The number of nitrogens with zero attached hydrogens (tertiary/aromatic N) is 6. The maximum atomic E-state index is 14.6. The molecule has 1 amide bonds. The number of halogens is 2. The maximum Gasteiger partial charge on any atom is 0.272 e. The van der Waals surface area contributed by atoms with Crippen molar-refractivity contribution < 1.29 is 4.79 Å². The predicted octanol–water partition coefficient (Wildman–Crippen LogP) is 8.98. The topological polar surface area (TPSA) is 95.0 Å². The molecule has 0 spiro atoms. The van der Waals surface area contributed by atoms with Crippen LogP contribution in [0.1, 0.15) is 29.0 Å². The normalized spacial score (nSPS) is 13.8. The third-order valence-corrected chi connectivity index (χ3v) is 9.91. The Bertz CT molecular complexity index is 2310. The molecule has 4 aromatic heterocycles. The maximum absolute atomic E-state index is 14.6. The van der Waals surface area contributed by atoms with E-state index in [9.17, 15) is 4.79 Å². The number of hydrogen-bond acceptors (Lipinski definition) is 6. The van der Waals surface area contributed by atoms with Crippen LogP contribution < -0.4 is 15.1 Å². The zero-order valence-corrected chi connectivity index (χ0v) is 29.3. The third-order valence-electron chi connectivity index (χ3n) is 9.42. The number of piperazine rings is 1. The highest BCUT2D eigenvalue weighted by molar-refractivity contribution is 6.31. The van der Waals surface area contributed by atoms with E-state index in [1.54, 1.807) is 6.20 Å². The summed E-state index contributed by atoms with van der Waals surface area (Å²) in [5.41, 5.74) is 6.04. The fraction of sp³-hybridized carbons (Fsp3) is 0.150. The Morgan fingerprint density at radius 1 is 0.784 bits per heavy atom. The van der Waals surface area contributed by atoms with Crippen molar-refractivity contribution >= 4 is 57.3 Å². The number of amides is 1. The average Bonchev–Trinajstić information content (AvgIpc) is 3.77. The second-order valence-corrected chi connectivity index (χ2v) is 13.4. The first-order valence-corrected chi connectivity index (χ1v) is 17.6. The van der Waals surface area contributed by atoms with Crippen molar-refractivity contribution in [3.63, 3.8) is 0 Å². The molecule has 1 aliphatic rings. The van der Waals surface area contributed by atoms with Gasteiger partial charge in [-0.25, -0.2) is 15.0 Å². The summed E-state index contributed by atoms with van der Waals surface area (Å²) in [6.07, 6.45) is 5.42. The molecule has 8 rings (SSSR count). The minimum atomic E-state index is -0.301. The largest absolute Gasteiger partial charge is 0.353 e. The first-order chi connectivity index (χ1) is 24.9. The second-order valence-electron chi connectivity index (χ2n) is 12.5. The van der Waals surface area contributed by atoms with Crippen molar-refractivity contribution in [1.82, 2.24) is 24.5 Å². The number of anilines is 3. The molecule has 0 aliphatic carbocycles. The van der Waals surface area contributed by atoms with Gasteiger partial charge in [-0.05, 0) is 61.0 Å². The molecule has 1 atom stereocenters. The van der Waals surface area contributed by atoms with Crippen LogP contribution in [0, 0.1) is 0 Å². The molecule has 254 valence electrons. The minimum absolute atomic E-state index is 0.134. The summed E-state index contributed by atoms with van der Waals surface area (Å²) in [7, 11) is 0. The number of hydrogen-bond donors (Lipinski definition) is 2. The molecule has 2 N–H and O–H groups in total. The smallest absolute Gasteiger partial charge is 0.272 e. The Kier molecular flexibility index (Phi) is 8.90. The van der Waals surface area contributed by atoms with E-state index in [2.05, 4.69) is 36.6 Å². The number of nitrogens with one attached hydrogen (secondary N) is 2. The Balaban J connectivity index is 1.20. The van der Waals surface area contributed by atoms with Gasteiger partial charge in [0.15, 0.2) is 5.82 Å². The molecule has 0 saturated carbocycles. The summed E-state index contributed by atoms with van der Waals surface area (Å²) in [6.45, 7) is 5.14. The molecule has 11 heteroatoms. The van der Waals surface area contributed by atoms with Gasteiger partial charge in [-0.2, -0.15) is 0 Å². The predicted molar refractivity (Wildman–Crippen MR) is 206 cm³/mol. The van der Waals surface area contributed by atoms with Gasteiger partial charge < -0.3 is 24.7 Å². The van der Waals surface area contributed by atoms with E-state index in [1.807, 2.05) is 116 Å². The number of fused-ring (bicyclic) bond motifs is 1. The van der Waals surface area contributed by atoms with Crippen LogP contribution in [-0.2, 0) is 0 Å². The zero-order valence-electron chi connectivity index (χ0n) is 27.8. The molecule has 9 nitrogen and oxygen atoms in total. The fourth-order valence-corrected chi connectivity index (χ4v) is 7.12. The minimum Gasteiger partial charge on any atom is -0.353 e. The van der Waals surface area contributed by atoms with E-state index in [1.165, 1.54) is 0 Å². The molecule has 51 heavy (non-hydrogen) atoms. The van der Waals surface area contributed by atoms with Crippen LogP contribution in [0.15, 0.2) is 122 Å². The van der Waals surface area contributed by atoms with Crippen molar-refractivity contribution in [1.29, 1.82) is 0 Å². The van der Waals surface area contributed by atoms with E-state index in [0.717, 1.165) is 76.8 Å². The number of carbonyl (C=O) groups excluding carboxylic acids is 1. The number of aromatic nitrogens is 5. The fourth-order valence-electron chi connectivity index (χ4n) is 6.82. The van der Waals surface area contributed by atoms with Crippen molar-refractivity contribution in [2.45, 2.75) is 13.0 Å². The van der Waals surface area contributed by atoms with Crippen LogP contribution >= 0.6 is 23.2 Å². The Hall–Kier alpha value is -5.64. The highest BCUT2D eigenvalue weighted by atomic mass is 35.5. The van der Waals surface area contributed by atoms with Crippen LogP contribution in [0.25, 0.3) is 33.4 Å². The molecule has 0 bridgehead atoms. The van der Waals surface area contributed by atoms with Gasteiger partial charge in [0.05, 0.1) is 29.4 Å². The number of aromatic amines is 1. The van der Waals surface area contributed by atoms with Crippen LogP contribution in [-0.4, -0.2) is 56.6 Å². The van der Waals surface area contributed by atoms with Crippen molar-refractivity contribution in [3.8, 4) is 22.5 Å². The summed E-state index contributed by atoms with van der Waals surface area (Å²) >= 11 is 12.8. The molecule has 5 heterocycles. The number of pyridine rings is 2. The van der Waals surface area contributed by atoms with Crippen molar-refractivity contribution in [3.05, 3.63) is 143 Å². The summed E-state index contributed by atoms with van der Waals surface area (Å²) < 4.78 is 2.12. The molecule has 1 aliphatic heterocycles. The summed E-state index contributed by atoms with van der Waals surface area (Å²) in [4.78, 5) is 36.7. The van der Waals surface area contributed by atoms with Crippen molar-refractivity contribution in [2.75, 3.05) is 41.3 Å². The summed E-state index contributed by atoms with van der Waals surface area (Å²) in [6, 6.07) is 33.0. The Morgan fingerprint density at radius 2 is 1.51 bits per heavy atom. The average molecular weight is 714 g/mol. The molecule has 0 unspecified atom stereocenters. The highest BCUT2D eigenvalue weighted by Crippen LogP contribution is 2.42. The number of imidazole rings is 1. The lowest BCUT2D eigenvalue weighted by molar-refractivity contribution is 0.102. The monoisotopic (exact) mass is 712 g/mol. The van der Waals surface area contributed by atoms with Gasteiger partial charge in [0.25, 0.3) is 5.91 Å². The molecular weight excluding hydrogens is 679 g/mol. The van der Waals surface area contributed by atoms with E-state index in [0.29, 0.717) is 21.4 Å². The van der Waals surface area contributed by atoms with E-state index in [4.69, 9.17) is 33.2 Å². The quantitative estimate of drug-likeness (QED) is 0.163. The van der Waals surface area contributed by atoms with E-state index in [-0.39, 0.29) is 11.9 Å². The summed E-state index contributed by atoms with van der Waals surface area (Å²) in [5.74, 6) is 1.38. The highest BCUT2D eigenvalue weighted by Gasteiger charge is 2.29. The van der Waals surface area contributed by atoms with Gasteiger partial charge in [0.2, 0.25) is 0 Å². The van der Waals surface area contributed by atoms with Crippen LogP contribution in [0.2, 0.25) is 10.0 Å². The SMILES string of the molecule is C[C@@H](c1ccc(Cl)cc1)n1cnc(-c2ccccc2)c1-c1c(C(=O)Nc2cccnc2N2CCN(c3ccccn3)CC2)[nH]c2cc(Cl)ccc12. The number of H-pyrrole nitrogens is 1. The van der Waals surface area contributed by atoms with Crippen molar-refractivity contribution in [2.24, 2.45) is 0 Å². The third kappa shape index (κ3) is 6.42. The standard InChI is InChI=1S/C40H34Cl2N8O/c1-26(27-12-14-29(41)15-13-27)50-25-45-36(28-8-3-2-4-9-28)38(50)35-31-17-16-30(42)24-33(31)46-37(35)40(51)47-32-10-7-19-44-39(32)49-22-20-48(21-23-49)34-11-5-6-18-43-34/h2-19,24-26,46H,20-23H2,1H3,(H,47,51)/t26-/m0/s1. The van der Waals surface area contributed by atoms with Gasteiger partial charge in [-0.1, -0.05) is 77.8 Å². The zero-order chi connectivity index (χ0) is 34.9. The van der Waals surface area contributed by atoms with E-state index < -0.39 is 0 Å². The van der Waals surface area contributed by atoms with Gasteiger partial charge in [-0.3, -0.25) is 4.79 Å². The molecule has 3 aromatic carbocycles. The summed E-state index contributed by atoms with van der Waals surface area (Å²) in [5, 5.41) is 5.29. The lowest BCUT2D eigenvalue weighted by atomic mass is 9.99. The molecule has 1 saturated heterocycles. The first kappa shape index (κ1) is 32.6. The lowest BCUT2D eigenvalue weighted by Gasteiger charge is -2.36. The lowest BCUT2D eigenvalue weighted by Crippen LogP contribution is -2.47. The molecule has 0 radical (unpaired) electrons. The number of rotatable bonds is 8. The molecule has 7 aromatic rings. The van der Waals surface area contributed by atoms with Crippen LogP contribution in [0.5, 0.6) is 0 Å².